The van der Waals surface area contributed by atoms with E-state index in [1.807, 2.05) is 0 Å². The maximum Gasteiger partial charge on any atom is 0.223 e. The van der Waals surface area contributed by atoms with Gasteiger partial charge in [0.05, 0.1) is 32.7 Å². The molecule has 0 aromatic carbocycles. The molecular weight excluding hydrogens is 304 g/mol. The standard InChI is InChI=1S/C15H22N2O6/c18-7-1-3-9-22-11-5-14(20)16-13-17-15(21)6-12-23-10-4-2-8-19/h18-19H,5-13H2,(H,16,20)(H,17,21). The highest BCUT2D eigenvalue weighted by Gasteiger charge is 2.03. The average Bonchev–Trinajstić information content (AvgIpc) is 2.54. The minimum Gasteiger partial charge on any atom is -0.384 e. The lowest BCUT2D eigenvalue weighted by Gasteiger charge is -2.07. The van der Waals surface area contributed by atoms with Crippen LogP contribution in [0.2, 0.25) is 0 Å². The van der Waals surface area contributed by atoms with Crippen molar-refractivity contribution in [2.45, 2.75) is 12.8 Å². The number of ether oxygens (including phenoxy) is 2. The second-order valence-corrected chi connectivity index (χ2v) is 4.01. The van der Waals surface area contributed by atoms with Crippen molar-refractivity contribution in [1.82, 2.24) is 10.6 Å². The summed E-state index contributed by atoms with van der Waals surface area (Å²) in [6, 6.07) is 0. The molecule has 23 heavy (non-hydrogen) atoms. The molecule has 128 valence electrons. The fourth-order valence-corrected chi connectivity index (χ4v) is 1.21. The number of hydrogen-bond acceptors (Lipinski definition) is 6. The molecular formula is C15H22N2O6. The molecule has 8 nitrogen and oxygen atoms in total. The minimum absolute atomic E-state index is 0.0340. The van der Waals surface area contributed by atoms with Crippen LogP contribution in [0.15, 0.2) is 0 Å². The van der Waals surface area contributed by atoms with Gasteiger partial charge in [-0.2, -0.15) is 0 Å². The molecule has 0 rings (SSSR count). The lowest BCUT2D eigenvalue weighted by Crippen LogP contribution is -2.37. The number of nitrogens with one attached hydrogen (secondary N) is 2. The highest BCUT2D eigenvalue weighted by atomic mass is 16.5. The van der Waals surface area contributed by atoms with Gasteiger partial charge < -0.3 is 30.3 Å². The molecule has 0 atom stereocenters. The number of aliphatic hydroxyl groups is 2. The van der Waals surface area contributed by atoms with Crippen LogP contribution in [0.3, 0.4) is 0 Å². The lowest BCUT2D eigenvalue weighted by molar-refractivity contribution is -0.123. The van der Waals surface area contributed by atoms with Crippen molar-refractivity contribution in [3.63, 3.8) is 0 Å². The Bertz CT molecular complexity index is 416. The largest absolute Gasteiger partial charge is 0.384 e. The molecule has 0 aliphatic carbocycles. The number of carbonyl (C=O) groups is 2. The summed E-state index contributed by atoms with van der Waals surface area (Å²) in [4.78, 5) is 22.8. The molecule has 0 bridgehead atoms. The lowest BCUT2D eigenvalue weighted by atomic mass is 10.4. The Balaban J connectivity index is 3.47. The van der Waals surface area contributed by atoms with E-state index in [2.05, 4.69) is 34.3 Å². The molecule has 4 N–H and O–H groups in total. The zero-order chi connectivity index (χ0) is 17.2. The molecule has 8 heteroatoms. The Hall–Kier alpha value is -2.10. The monoisotopic (exact) mass is 326 g/mol. The maximum atomic E-state index is 11.4. The Kier molecular flexibility index (Phi) is 14.8. The normalized spacial score (nSPS) is 9.13. The molecule has 0 aromatic heterocycles. The number of amides is 2. The zero-order valence-corrected chi connectivity index (χ0v) is 12.9. The van der Waals surface area contributed by atoms with Crippen LogP contribution in [-0.4, -0.2) is 68.3 Å². The van der Waals surface area contributed by atoms with Gasteiger partial charge in [-0.15, -0.1) is 0 Å². The molecule has 0 unspecified atom stereocenters. The molecule has 0 fully saturated rings. The van der Waals surface area contributed by atoms with Gasteiger partial charge in [0.25, 0.3) is 0 Å². The summed E-state index contributed by atoms with van der Waals surface area (Å²) in [6.45, 7) is 0.341. The fourth-order valence-electron chi connectivity index (χ4n) is 1.21. The first-order chi connectivity index (χ1) is 11.2. The van der Waals surface area contributed by atoms with E-state index in [1.165, 1.54) is 0 Å². The summed E-state index contributed by atoms with van der Waals surface area (Å²) < 4.78 is 10.1. The third kappa shape index (κ3) is 16.1. The molecule has 0 radical (unpaired) electrons. The van der Waals surface area contributed by atoms with Crippen molar-refractivity contribution in [2.24, 2.45) is 0 Å². The van der Waals surface area contributed by atoms with Gasteiger partial charge in [-0.3, -0.25) is 9.59 Å². The van der Waals surface area contributed by atoms with E-state index in [0.717, 1.165) is 0 Å². The van der Waals surface area contributed by atoms with Gasteiger partial charge in [0, 0.05) is 0 Å². The van der Waals surface area contributed by atoms with E-state index in [9.17, 15) is 9.59 Å². The van der Waals surface area contributed by atoms with E-state index in [0.29, 0.717) is 0 Å². The van der Waals surface area contributed by atoms with Crippen LogP contribution < -0.4 is 10.6 Å². The Labute approximate surface area is 135 Å². The minimum atomic E-state index is -0.254. The molecule has 0 saturated carbocycles. The summed E-state index contributed by atoms with van der Waals surface area (Å²) in [5.41, 5.74) is 0. The second kappa shape index (κ2) is 16.3. The third-order valence-electron chi connectivity index (χ3n) is 2.27. The van der Waals surface area contributed by atoms with Crippen LogP contribution in [-0.2, 0) is 19.1 Å². The van der Waals surface area contributed by atoms with Crippen molar-refractivity contribution in [2.75, 3.05) is 46.3 Å². The summed E-state index contributed by atoms with van der Waals surface area (Å²) in [5, 5.41) is 21.8. The van der Waals surface area contributed by atoms with Crippen LogP contribution in [0.25, 0.3) is 0 Å². The van der Waals surface area contributed by atoms with Crippen molar-refractivity contribution in [3.8, 4) is 23.7 Å². The van der Waals surface area contributed by atoms with Crippen LogP contribution in [0, 0.1) is 23.7 Å². The predicted octanol–water partition coefficient (Wildman–Crippen LogP) is -2.02. The van der Waals surface area contributed by atoms with Gasteiger partial charge in [-0.1, -0.05) is 23.7 Å². The number of aliphatic hydroxyl groups excluding tert-OH is 2. The Morgan fingerprint density at radius 2 is 1.22 bits per heavy atom. The maximum absolute atomic E-state index is 11.4. The topological polar surface area (TPSA) is 117 Å². The molecule has 0 aliphatic rings. The highest BCUT2D eigenvalue weighted by molar-refractivity contribution is 5.78. The molecule has 0 saturated heterocycles. The van der Waals surface area contributed by atoms with Crippen molar-refractivity contribution >= 4 is 11.8 Å². The predicted molar refractivity (Wildman–Crippen MR) is 81.7 cm³/mol. The van der Waals surface area contributed by atoms with E-state index in [4.69, 9.17) is 19.7 Å². The first-order valence-corrected chi connectivity index (χ1v) is 7.02. The van der Waals surface area contributed by atoms with E-state index < -0.39 is 0 Å². The quantitative estimate of drug-likeness (QED) is 0.209. The van der Waals surface area contributed by atoms with Crippen molar-refractivity contribution < 1.29 is 29.3 Å². The SMILES string of the molecule is O=C(CCOCC#CCO)NCNC(=O)CCOCC#CCO. The van der Waals surface area contributed by atoms with E-state index in [1.54, 1.807) is 0 Å². The van der Waals surface area contributed by atoms with E-state index in [-0.39, 0.29) is 71.0 Å². The average molecular weight is 326 g/mol. The third-order valence-corrected chi connectivity index (χ3v) is 2.27. The van der Waals surface area contributed by atoms with Crippen molar-refractivity contribution in [3.05, 3.63) is 0 Å². The summed E-state index contributed by atoms with van der Waals surface area (Å²) in [5.74, 6) is 9.45. The van der Waals surface area contributed by atoms with Crippen LogP contribution in [0.4, 0.5) is 0 Å². The van der Waals surface area contributed by atoms with Gasteiger partial charge in [0.2, 0.25) is 11.8 Å². The van der Waals surface area contributed by atoms with Gasteiger partial charge in [0.15, 0.2) is 0 Å². The second-order valence-electron chi connectivity index (χ2n) is 4.01. The molecule has 0 heterocycles. The number of rotatable bonds is 10. The number of hydrogen-bond donors (Lipinski definition) is 4. The van der Waals surface area contributed by atoms with Gasteiger partial charge in [-0.25, -0.2) is 0 Å². The summed E-state index contributed by atoms with van der Waals surface area (Å²) in [7, 11) is 0. The van der Waals surface area contributed by atoms with Crippen LogP contribution in [0.5, 0.6) is 0 Å². The van der Waals surface area contributed by atoms with E-state index >= 15 is 0 Å². The Morgan fingerprint density at radius 1 is 0.783 bits per heavy atom. The highest BCUT2D eigenvalue weighted by Crippen LogP contribution is 1.84. The zero-order valence-electron chi connectivity index (χ0n) is 12.9. The molecule has 0 aromatic rings. The first-order valence-electron chi connectivity index (χ1n) is 7.02. The first kappa shape index (κ1) is 20.9. The van der Waals surface area contributed by atoms with Crippen LogP contribution >= 0.6 is 0 Å². The molecule has 2 amide bonds. The smallest absolute Gasteiger partial charge is 0.223 e. The van der Waals surface area contributed by atoms with Gasteiger partial charge >= 0.3 is 0 Å². The van der Waals surface area contributed by atoms with Crippen molar-refractivity contribution in [1.29, 1.82) is 0 Å². The van der Waals surface area contributed by atoms with Gasteiger partial charge in [0.1, 0.15) is 26.4 Å². The fraction of sp³-hybridized carbons (Fsp3) is 0.600. The van der Waals surface area contributed by atoms with Gasteiger partial charge in [-0.05, 0) is 0 Å². The van der Waals surface area contributed by atoms with Crippen LogP contribution in [0.1, 0.15) is 12.8 Å². The number of carbonyl (C=O) groups excluding carboxylic acids is 2. The molecule has 0 aliphatic heterocycles. The molecule has 0 spiro atoms. The summed E-state index contributed by atoms with van der Waals surface area (Å²) >= 11 is 0. The Morgan fingerprint density at radius 3 is 1.61 bits per heavy atom. The summed E-state index contributed by atoms with van der Waals surface area (Å²) in [6.07, 6.45) is 0.312.